The third-order valence-electron chi connectivity index (χ3n) is 9.17. The largest absolute Gasteiger partial charge is 0.455 e. The fourth-order valence-electron chi connectivity index (χ4n) is 7.18. The zero-order valence-corrected chi connectivity index (χ0v) is 25.5. The molecule has 4 heteroatoms. The highest BCUT2D eigenvalue weighted by molar-refractivity contribution is 7.26. The first-order valence-corrected chi connectivity index (χ1v) is 16.3. The standard InChI is InChI=1S/C42H26N2OS/c1-3-12-27(13-4-1)43(28-14-5-2-6-15-28)29-22-24-35-34(26-29)40-36(25-23-32-30-16-7-9-20-38(30)45-41(32)40)44(35)37-19-11-18-33-31-17-8-10-21-39(31)46-42(33)37/h1-26H. The van der Waals surface area contributed by atoms with E-state index in [2.05, 4.69) is 161 Å². The summed E-state index contributed by atoms with van der Waals surface area (Å²) in [5, 5.41) is 7.15. The molecular weight excluding hydrogens is 581 g/mol. The molecule has 0 N–H and O–H groups in total. The van der Waals surface area contributed by atoms with Crippen molar-refractivity contribution in [3.8, 4) is 5.69 Å². The topological polar surface area (TPSA) is 21.3 Å². The number of anilines is 3. The van der Waals surface area contributed by atoms with Gasteiger partial charge in [-0.3, -0.25) is 0 Å². The van der Waals surface area contributed by atoms with Gasteiger partial charge in [-0.05, 0) is 72.8 Å². The Hall–Kier alpha value is -5.84. The summed E-state index contributed by atoms with van der Waals surface area (Å²) in [7, 11) is 0. The number of benzene rings is 7. The average Bonchev–Trinajstić information content (AvgIpc) is 3.79. The molecule has 0 fully saturated rings. The molecule has 46 heavy (non-hydrogen) atoms. The maximum atomic E-state index is 6.70. The summed E-state index contributed by atoms with van der Waals surface area (Å²) in [6, 6.07) is 56.3. The highest BCUT2D eigenvalue weighted by atomic mass is 32.1. The van der Waals surface area contributed by atoms with Crippen LogP contribution in [0.15, 0.2) is 162 Å². The normalized spacial score (nSPS) is 11.9. The maximum absolute atomic E-state index is 6.70. The molecule has 3 aromatic heterocycles. The van der Waals surface area contributed by atoms with Gasteiger partial charge in [0.2, 0.25) is 0 Å². The lowest BCUT2D eigenvalue weighted by Crippen LogP contribution is -2.09. The first kappa shape index (κ1) is 25.5. The van der Waals surface area contributed by atoms with E-state index in [-0.39, 0.29) is 0 Å². The molecule has 0 aliphatic heterocycles. The van der Waals surface area contributed by atoms with Gasteiger partial charge in [-0.1, -0.05) is 84.9 Å². The summed E-state index contributed by atoms with van der Waals surface area (Å²) in [6.07, 6.45) is 0. The van der Waals surface area contributed by atoms with E-state index < -0.39 is 0 Å². The van der Waals surface area contributed by atoms with Crippen LogP contribution in [0.2, 0.25) is 0 Å². The number of fused-ring (bicyclic) bond motifs is 10. The molecule has 0 bridgehead atoms. The molecule has 0 aliphatic carbocycles. The van der Waals surface area contributed by atoms with Crippen molar-refractivity contribution in [3.63, 3.8) is 0 Å². The van der Waals surface area contributed by atoms with Gasteiger partial charge in [0.1, 0.15) is 11.2 Å². The zero-order chi connectivity index (χ0) is 30.2. The van der Waals surface area contributed by atoms with Gasteiger partial charge in [-0.2, -0.15) is 0 Å². The van der Waals surface area contributed by atoms with Crippen LogP contribution in [-0.2, 0) is 0 Å². The molecule has 0 atom stereocenters. The van der Waals surface area contributed by atoms with Crippen molar-refractivity contribution in [2.75, 3.05) is 4.90 Å². The number of rotatable bonds is 4. The Morgan fingerprint density at radius 3 is 1.96 bits per heavy atom. The van der Waals surface area contributed by atoms with E-state index in [0.717, 1.165) is 60.8 Å². The van der Waals surface area contributed by atoms with Crippen LogP contribution in [0, 0.1) is 0 Å². The minimum absolute atomic E-state index is 0.906. The van der Waals surface area contributed by atoms with Gasteiger partial charge >= 0.3 is 0 Å². The highest BCUT2D eigenvalue weighted by Crippen LogP contribution is 2.45. The molecule has 3 nitrogen and oxygen atoms in total. The average molecular weight is 607 g/mol. The van der Waals surface area contributed by atoms with Gasteiger partial charge in [-0.15, -0.1) is 11.3 Å². The maximum Gasteiger partial charge on any atom is 0.145 e. The van der Waals surface area contributed by atoms with Crippen molar-refractivity contribution in [2.45, 2.75) is 0 Å². The monoisotopic (exact) mass is 606 g/mol. The van der Waals surface area contributed by atoms with Crippen molar-refractivity contribution in [1.82, 2.24) is 4.57 Å². The number of furan rings is 1. The lowest BCUT2D eigenvalue weighted by Gasteiger charge is -2.25. The van der Waals surface area contributed by atoms with Gasteiger partial charge in [0, 0.05) is 48.7 Å². The molecule has 0 saturated heterocycles. The molecule has 0 saturated carbocycles. The van der Waals surface area contributed by atoms with E-state index in [4.69, 9.17) is 4.42 Å². The number of para-hydroxylation sites is 3. The number of hydrogen-bond acceptors (Lipinski definition) is 3. The molecule has 0 unspecified atom stereocenters. The van der Waals surface area contributed by atoms with Crippen LogP contribution in [0.5, 0.6) is 0 Å². The van der Waals surface area contributed by atoms with Gasteiger partial charge in [0.05, 0.1) is 26.8 Å². The van der Waals surface area contributed by atoms with E-state index in [0.29, 0.717) is 0 Å². The molecule has 10 aromatic rings. The second-order valence-electron chi connectivity index (χ2n) is 11.7. The molecule has 0 spiro atoms. The lowest BCUT2D eigenvalue weighted by atomic mass is 10.1. The summed E-state index contributed by atoms with van der Waals surface area (Å²) < 4.78 is 11.7. The van der Waals surface area contributed by atoms with Crippen LogP contribution in [-0.4, -0.2) is 4.57 Å². The number of nitrogens with zero attached hydrogens (tertiary/aromatic N) is 2. The molecule has 216 valence electrons. The Kier molecular flexibility index (Phi) is 5.45. The second-order valence-corrected chi connectivity index (χ2v) is 12.8. The SMILES string of the molecule is c1ccc(N(c2ccccc2)c2ccc3c(c2)c2c4oc5ccccc5c4ccc2n3-c2cccc3c2sc2ccccc23)cc1. The summed E-state index contributed by atoms with van der Waals surface area (Å²) in [5.74, 6) is 0. The van der Waals surface area contributed by atoms with Gasteiger partial charge in [0.15, 0.2) is 0 Å². The third kappa shape index (κ3) is 3.65. The van der Waals surface area contributed by atoms with Crippen molar-refractivity contribution in [2.24, 2.45) is 0 Å². The summed E-state index contributed by atoms with van der Waals surface area (Å²) in [6.45, 7) is 0. The third-order valence-corrected chi connectivity index (χ3v) is 10.4. The Morgan fingerprint density at radius 2 is 1.15 bits per heavy atom. The van der Waals surface area contributed by atoms with E-state index >= 15 is 0 Å². The van der Waals surface area contributed by atoms with Crippen LogP contribution in [0.4, 0.5) is 17.1 Å². The van der Waals surface area contributed by atoms with E-state index in [1.807, 2.05) is 17.4 Å². The van der Waals surface area contributed by atoms with E-state index in [1.54, 1.807) is 0 Å². The Bertz CT molecular complexity index is 2710. The van der Waals surface area contributed by atoms with Gasteiger partial charge < -0.3 is 13.9 Å². The molecule has 10 rings (SSSR count). The van der Waals surface area contributed by atoms with Gasteiger partial charge in [0.25, 0.3) is 0 Å². The van der Waals surface area contributed by atoms with Crippen molar-refractivity contribution in [3.05, 3.63) is 158 Å². The van der Waals surface area contributed by atoms with E-state index in [1.165, 1.54) is 25.9 Å². The first-order chi connectivity index (χ1) is 22.8. The smallest absolute Gasteiger partial charge is 0.145 e. The summed E-state index contributed by atoms with van der Waals surface area (Å²) in [4.78, 5) is 2.33. The van der Waals surface area contributed by atoms with Crippen LogP contribution in [0.25, 0.3) is 69.6 Å². The molecule has 0 radical (unpaired) electrons. The minimum Gasteiger partial charge on any atom is -0.455 e. The van der Waals surface area contributed by atoms with Crippen LogP contribution >= 0.6 is 11.3 Å². The van der Waals surface area contributed by atoms with Gasteiger partial charge in [-0.25, -0.2) is 0 Å². The van der Waals surface area contributed by atoms with Crippen molar-refractivity contribution < 1.29 is 4.42 Å². The molecule has 3 heterocycles. The van der Waals surface area contributed by atoms with Crippen LogP contribution in [0.3, 0.4) is 0 Å². The van der Waals surface area contributed by atoms with Crippen molar-refractivity contribution >= 4 is 92.3 Å². The quantitative estimate of drug-likeness (QED) is 0.199. The predicted octanol–water partition coefficient (Wildman–Crippen LogP) is 12.5. The minimum atomic E-state index is 0.906. The molecular formula is C42H26N2OS. The van der Waals surface area contributed by atoms with Crippen molar-refractivity contribution in [1.29, 1.82) is 0 Å². The van der Waals surface area contributed by atoms with Crippen LogP contribution < -0.4 is 4.90 Å². The highest BCUT2D eigenvalue weighted by Gasteiger charge is 2.22. The second kappa shape index (κ2) is 9.83. The predicted molar refractivity (Wildman–Crippen MR) is 196 cm³/mol. The lowest BCUT2D eigenvalue weighted by molar-refractivity contribution is 0.673. The van der Waals surface area contributed by atoms with Crippen LogP contribution in [0.1, 0.15) is 0 Å². The fourth-order valence-corrected chi connectivity index (χ4v) is 8.39. The number of aromatic nitrogens is 1. The summed E-state index contributed by atoms with van der Waals surface area (Å²) in [5.41, 5.74) is 8.62. The fraction of sp³-hybridized carbons (Fsp3) is 0. The molecule has 0 aliphatic rings. The zero-order valence-electron chi connectivity index (χ0n) is 24.7. The molecule has 0 amide bonds. The Balaban J connectivity index is 1.34. The molecule has 7 aromatic carbocycles. The first-order valence-electron chi connectivity index (χ1n) is 15.5. The Morgan fingerprint density at radius 1 is 0.478 bits per heavy atom. The number of thiophene rings is 1. The number of hydrogen-bond donors (Lipinski definition) is 0. The summed E-state index contributed by atoms with van der Waals surface area (Å²) >= 11 is 1.86. The Labute approximate surface area is 268 Å². The van der Waals surface area contributed by atoms with E-state index in [9.17, 15) is 0 Å².